The number of rotatable bonds is 2. The lowest BCUT2D eigenvalue weighted by molar-refractivity contribution is 0.138. The average Bonchev–Trinajstić information content (AvgIpc) is 2.52. The number of allylic oxidation sites excluding steroid dienone is 1. The summed E-state index contributed by atoms with van der Waals surface area (Å²) in [5, 5.41) is 14.1. The minimum atomic E-state index is -0.248. The number of hydrogen-bond donors (Lipinski definition) is 1. The van der Waals surface area contributed by atoms with Crippen LogP contribution in [0.2, 0.25) is 0 Å². The van der Waals surface area contributed by atoms with Gasteiger partial charge in [0.2, 0.25) is 0 Å². The maximum Gasteiger partial charge on any atom is 0.0728 e. The highest BCUT2D eigenvalue weighted by atomic mass is 32.1. The van der Waals surface area contributed by atoms with E-state index >= 15 is 0 Å². The summed E-state index contributed by atoms with van der Waals surface area (Å²) in [6.07, 6.45) is 4.80. The molecule has 82 valence electrons. The molecule has 1 heterocycles. The molecule has 0 radical (unpaired) electrons. The van der Waals surface area contributed by atoms with Crippen LogP contribution in [0.25, 0.3) is 0 Å². The summed E-state index contributed by atoms with van der Waals surface area (Å²) in [5.41, 5.74) is 3.01. The van der Waals surface area contributed by atoms with Crippen molar-refractivity contribution in [3.8, 4) is 0 Å². The summed E-state index contributed by atoms with van der Waals surface area (Å²) < 4.78 is 0. The van der Waals surface area contributed by atoms with E-state index in [1.54, 1.807) is 11.3 Å². The molecule has 2 heteroatoms. The monoisotopic (exact) mass is 222 g/mol. The summed E-state index contributed by atoms with van der Waals surface area (Å²) in [6, 6.07) is 2.17. The molecule has 1 unspecified atom stereocenters. The summed E-state index contributed by atoms with van der Waals surface area (Å²) >= 11 is 1.74. The van der Waals surface area contributed by atoms with E-state index in [-0.39, 0.29) is 11.5 Å². The molecule has 0 aliphatic heterocycles. The van der Waals surface area contributed by atoms with Crippen LogP contribution in [0.15, 0.2) is 28.5 Å². The van der Waals surface area contributed by atoms with E-state index in [1.807, 2.05) is 6.08 Å². The highest BCUT2D eigenvalue weighted by Crippen LogP contribution is 2.36. The normalized spacial score (nSPS) is 25.0. The second-order valence-electron chi connectivity index (χ2n) is 5.25. The fourth-order valence-electron chi connectivity index (χ4n) is 2.42. The Morgan fingerprint density at radius 1 is 1.53 bits per heavy atom. The topological polar surface area (TPSA) is 20.2 Å². The second-order valence-corrected chi connectivity index (χ2v) is 6.03. The third-order valence-corrected chi connectivity index (χ3v) is 3.64. The van der Waals surface area contributed by atoms with Crippen LogP contribution in [0, 0.1) is 5.41 Å². The molecular formula is C13H18OS. The molecule has 1 aliphatic carbocycles. The lowest BCUT2D eigenvalue weighted by Crippen LogP contribution is -2.25. The molecule has 0 aromatic carbocycles. The smallest absolute Gasteiger partial charge is 0.0728 e. The van der Waals surface area contributed by atoms with Gasteiger partial charge in [-0.25, -0.2) is 0 Å². The first-order valence-corrected chi connectivity index (χ1v) is 6.38. The first kappa shape index (κ1) is 10.9. The van der Waals surface area contributed by atoms with Crippen molar-refractivity contribution in [1.82, 2.24) is 0 Å². The van der Waals surface area contributed by atoms with E-state index in [1.165, 1.54) is 11.1 Å². The lowest BCUT2D eigenvalue weighted by atomic mass is 9.75. The zero-order valence-electron chi connectivity index (χ0n) is 9.36. The van der Waals surface area contributed by atoms with Gasteiger partial charge in [0.1, 0.15) is 0 Å². The molecule has 1 aliphatic rings. The largest absolute Gasteiger partial charge is 0.389 e. The predicted octanol–water partition coefficient (Wildman–Crippen LogP) is 3.40. The van der Waals surface area contributed by atoms with Crippen LogP contribution in [0.5, 0.6) is 0 Å². The van der Waals surface area contributed by atoms with Gasteiger partial charge in [-0.2, -0.15) is 11.3 Å². The van der Waals surface area contributed by atoms with E-state index in [2.05, 4.69) is 30.7 Å². The molecule has 1 nitrogen and oxygen atoms in total. The molecule has 0 fully saturated rings. The fraction of sp³-hybridized carbons (Fsp3) is 0.538. The van der Waals surface area contributed by atoms with Crippen LogP contribution in [0.1, 0.15) is 32.3 Å². The van der Waals surface area contributed by atoms with Gasteiger partial charge in [-0.05, 0) is 47.1 Å². The molecule has 1 aromatic rings. The molecule has 0 saturated heterocycles. The van der Waals surface area contributed by atoms with Gasteiger partial charge in [-0.15, -0.1) is 0 Å². The first-order chi connectivity index (χ1) is 7.05. The van der Waals surface area contributed by atoms with Gasteiger partial charge in [0.15, 0.2) is 0 Å². The van der Waals surface area contributed by atoms with Crippen molar-refractivity contribution in [2.45, 2.75) is 39.2 Å². The van der Waals surface area contributed by atoms with Crippen LogP contribution in [-0.4, -0.2) is 11.2 Å². The van der Waals surface area contributed by atoms with Crippen LogP contribution in [0.4, 0.5) is 0 Å². The third kappa shape index (κ3) is 2.93. The molecule has 15 heavy (non-hydrogen) atoms. The lowest BCUT2D eigenvalue weighted by Gasteiger charge is -2.32. The Morgan fingerprint density at radius 2 is 2.33 bits per heavy atom. The summed E-state index contributed by atoms with van der Waals surface area (Å²) in [4.78, 5) is 0. The molecule has 0 spiro atoms. The van der Waals surface area contributed by atoms with Gasteiger partial charge in [0.25, 0.3) is 0 Å². The molecule has 2 rings (SSSR count). The fourth-order valence-corrected chi connectivity index (χ4v) is 3.09. The minimum Gasteiger partial charge on any atom is -0.389 e. The van der Waals surface area contributed by atoms with E-state index < -0.39 is 0 Å². The number of thiophene rings is 1. The molecule has 1 atom stereocenters. The minimum absolute atomic E-state index is 0.248. The maximum atomic E-state index is 9.77. The number of aliphatic hydroxyl groups excluding tert-OH is 1. The van der Waals surface area contributed by atoms with Gasteiger partial charge in [0.05, 0.1) is 6.10 Å². The Bertz CT molecular complexity index is 349. The van der Waals surface area contributed by atoms with Gasteiger partial charge < -0.3 is 5.11 Å². The molecule has 1 aromatic heterocycles. The van der Waals surface area contributed by atoms with E-state index in [0.717, 1.165) is 19.3 Å². The summed E-state index contributed by atoms with van der Waals surface area (Å²) in [7, 11) is 0. The molecular weight excluding hydrogens is 204 g/mol. The van der Waals surface area contributed by atoms with Crippen LogP contribution in [-0.2, 0) is 6.42 Å². The molecule has 0 saturated carbocycles. The quantitative estimate of drug-likeness (QED) is 0.760. The van der Waals surface area contributed by atoms with E-state index in [0.29, 0.717) is 0 Å². The van der Waals surface area contributed by atoms with Crippen LogP contribution in [0.3, 0.4) is 0 Å². The van der Waals surface area contributed by atoms with Crippen molar-refractivity contribution in [2.24, 2.45) is 5.41 Å². The standard InChI is InChI=1S/C13H18OS/c1-13(2)7-11(6-12(14)8-13)5-10-3-4-15-9-10/h3-4,6,9,12,14H,5,7-8H2,1-2H3. The zero-order chi connectivity index (χ0) is 10.9. The maximum absolute atomic E-state index is 9.77. The van der Waals surface area contributed by atoms with E-state index in [9.17, 15) is 5.11 Å². The second kappa shape index (κ2) is 4.11. The van der Waals surface area contributed by atoms with Gasteiger partial charge in [-0.3, -0.25) is 0 Å². The van der Waals surface area contributed by atoms with Crippen molar-refractivity contribution in [1.29, 1.82) is 0 Å². The predicted molar refractivity (Wildman–Crippen MR) is 65.1 cm³/mol. The van der Waals surface area contributed by atoms with Crippen molar-refractivity contribution < 1.29 is 5.11 Å². The Balaban J connectivity index is 2.09. The molecule has 1 N–H and O–H groups in total. The number of aliphatic hydroxyl groups is 1. The first-order valence-electron chi connectivity index (χ1n) is 5.44. The van der Waals surface area contributed by atoms with E-state index in [4.69, 9.17) is 0 Å². The van der Waals surface area contributed by atoms with Crippen LogP contribution >= 0.6 is 11.3 Å². The molecule has 0 bridgehead atoms. The van der Waals surface area contributed by atoms with Crippen molar-refractivity contribution >= 4 is 11.3 Å². The highest BCUT2D eigenvalue weighted by molar-refractivity contribution is 7.07. The Morgan fingerprint density at radius 3 is 2.93 bits per heavy atom. The van der Waals surface area contributed by atoms with Gasteiger partial charge in [-0.1, -0.05) is 25.5 Å². The van der Waals surface area contributed by atoms with Crippen molar-refractivity contribution in [2.75, 3.05) is 0 Å². The summed E-state index contributed by atoms with van der Waals surface area (Å²) in [5.74, 6) is 0. The van der Waals surface area contributed by atoms with Crippen LogP contribution < -0.4 is 0 Å². The van der Waals surface area contributed by atoms with Crippen molar-refractivity contribution in [3.05, 3.63) is 34.0 Å². The third-order valence-electron chi connectivity index (χ3n) is 2.91. The summed E-state index contributed by atoms with van der Waals surface area (Å²) in [6.45, 7) is 4.47. The SMILES string of the molecule is CC1(C)CC(Cc2ccsc2)=CC(O)C1. The van der Waals surface area contributed by atoms with Gasteiger partial charge >= 0.3 is 0 Å². The Hall–Kier alpha value is -0.600. The highest BCUT2D eigenvalue weighted by Gasteiger charge is 2.27. The van der Waals surface area contributed by atoms with Gasteiger partial charge in [0, 0.05) is 0 Å². The zero-order valence-corrected chi connectivity index (χ0v) is 10.2. The average molecular weight is 222 g/mol. The Labute approximate surface area is 95.5 Å². The Kier molecular flexibility index (Phi) is 2.98. The van der Waals surface area contributed by atoms with Crippen molar-refractivity contribution in [3.63, 3.8) is 0 Å². The molecule has 0 amide bonds. The number of hydrogen-bond acceptors (Lipinski definition) is 2.